The Kier molecular flexibility index (Phi) is 5.92. The van der Waals surface area contributed by atoms with Crippen molar-refractivity contribution in [1.82, 2.24) is 4.98 Å². The van der Waals surface area contributed by atoms with Gasteiger partial charge in [-0.25, -0.2) is 6.57 Å². The summed E-state index contributed by atoms with van der Waals surface area (Å²) in [5.74, 6) is 0. The molecular weight excluding hydrogens is 136 g/mol. The van der Waals surface area contributed by atoms with E-state index in [0.717, 1.165) is 5.69 Å². The summed E-state index contributed by atoms with van der Waals surface area (Å²) < 4.78 is 0. The Morgan fingerprint density at radius 1 is 1.45 bits per heavy atom. The van der Waals surface area contributed by atoms with Crippen LogP contribution in [0.3, 0.4) is 0 Å². The molecule has 0 amide bonds. The van der Waals surface area contributed by atoms with E-state index < -0.39 is 0 Å². The van der Waals surface area contributed by atoms with Gasteiger partial charge in [-0.3, -0.25) is 4.98 Å². The fraction of sp³-hybridized carbons (Fsp3) is 0.333. The van der Waals surface area contributed by atoms with Gasteiger partial charge in [-0.15, -0.1) is 0 Å². The van der Waals surface area contributed by atoms with Crippen LogP contribution in [-0.4, -0.2) is 4.98 Å². The Labute approximate surface area is 67.7 Å². The second-order valence-corrected chi connectivity index (χ2v) is 1.64. The summed E-state index contributed by atoms with van der Waals surface area (Å²) >= 11 is 0. The van der Waals surface area contributed by atoms with Crippen LogP contribution in [0.4, 0.5) is 0 Å². The van der Waals surface area contributed by atoms with Crippen molar-refractivity contribution in [3.05, 3.63) is 41.5 Å². The molecule has 11 heavy (non-hydrogen) atoms. The molecule has 0 spiro atoms. The molecule has 0 bridgehead atoms. The van der Waals surface area contributed by atoms with E-state index >= 15 is 0 Å². The minimum absolute atomic E-state index is 0.390. The number of pyridine rings is 1. The van der Waals surface area contributed by atoms with Gasteiger partial charge >= 0.3 is 0 Å². The predicted octanol–water partition coefficient (Wildman–Crippen LogP) is 2.53. The number of hydrogen-bond donors (Lipinski definition) is 0. The monoisotopic (exact) mass is 148 g/mol. The van der Waals surface area contributed by atoms with Crippen molar-refractivity contribution in [1.29, 1.82) is 0 Å². The molecule has 0 saturated heterocycles. The Hall–Kier alpha value is -1.36. The lowest BCUT2D eigenvalue weighted by Crippen LogP contribution is -1.81. The van der Waals surface area contributed by atoms with Gasteiger partial charge < -0.3 is 4.85 Å². The summed E-state index contributed by atoms with van der Waals surface area (Å²) in [5.41, 5.74) is 0.840. The first kappa shape index (κ1) is 9.64. The normalized spacial score (nSPS) is 7.36. The summed E-state index contributed by atoms with van der Waals surface area (Å²) in [6, 6.07) is 5.57. The fourth-order valence-electron chi connectivity index (χ4n) is 0.573. The van der Waals surface area contributed by atoms with Crippen LogP contribution in [0.5, 0.6) is 0 Å². The molecule has 0 atom stereocenters. The Bertz CT molecular complexity index is 211. The minimum Gasteiger partial charge on any atom is -0.310 e. The van der Waals surface area contributed by atoms with Gasteiger partial charge in [-0.05, 0) is 12.1 Å². The number of nitrogens with zero attached hydrogens (tertiary/aromatic N) is 2. The number of rotatable bonds is 1. The lowest BCUT2D eigenvalue weighted by Gasteiger charge is -1.85. The standard InChI is InChI=1S/C7H6N2.C2H6/c1-8-6-7-4-2-3-5-9-7;1-2/h2-5H,6H2;1-2H3. The first-order valence-electron chi connectivity index (χ1n) is 3.66. The van der Waals surface area contributed by atoms with Crippen molar-refractivity contribution < 1.29 is 0 Å². The zero-order valence-electron chi connectivity index (χ0n) is 6.91. The average molecular weight is 148 g/mol. The average Bonchev–Trinajstić information content (AvgIpc) is 2.11. The van der Waals surface area contributed by atoms with Crippen LogP contribution in [-0.2, 0) is 6.54 Å². The molecule has 0 fully saturated rings. The lowest BCUT2D eigenvalue weighted by molar-refractivity contribution is 1.11. The van der Waals surface area contributed by atoms with E-state index in [0.29, 0.717) is 6.54 Å². The van der Waals surface area contributed by atoms with Gasteiger partial charge in [0, 0.05) is 6.20 Å². The third-order valence-electron chi connectivity index (χ3n) is 0.967. The molecule has 2 nitrogen and oxygen atoms in total. The summed E-state index contributed by atoms with van der Waals surface area (Å²) in [4.78, 5) is 7.15. The third kappa shape index (κ3) is 4.10. The molecule has 0 radical (unpaired) electrons. The van der Waals surface area contributed by atoms with Gasteiger partial charge in [0.05, 0.1) is 0 Å². The smallest absolute Gasteiger partial charge is 0.256 e. The van der Waals surface area contributed by atoms with E-state index in [2.05, 4.69) is 9.83 Å². The second-order valence-electron chi connectivity index (χ2n) is 1.64. The minimum atomic E-state index is 0.390. The van der Waals surface area contributed by atoms with Gasteiger partial charge in [0.1, 0.15) is 5.69 Å². The molecule has 1 rings (SSSR count). The van der Waals surface area contributed by atoms with Gasteiger partial charge in [0.2, 0.25) is 0 Å². The highest BCUT2D eigenvalue weighted by Crippen LogP contribution is 1.93. The van der Waals surface area contributed by atoms with Crippen molar-refractivity contribution in [2.24, 2.45) is 0 Å². The molecule has 58 valence electrons. The fourth-order valence-corrected chi connectivity index (χ4v) is 0.573. The second kappa shape index (κ2) is 6.76. The Balaban J connectivity index is 0.000000461. The zero-order chi connectivity index (χ0) is 8.53. The molecule has 0 aliphatic heterocycles. The number of hydrogen-bond acceptors (Lipinski definition) is 1. The molecule has 0 unspecified atom stereocenters. The van der Waals surface area contributed by atoms with Crippen molar-refractivity contribution in [2.75, 3.05) is 0 Å². The van der Waals surface area contributed by atoms with E-state index in [-0.39, 0.29) is 0 Å². The molecule has 0 saturated carbocycles. The maximum absolute atomic E-state index is 6.53. The lowest BCUT2D eigenvalue weighted by atomic mass is 10.4. The topological polar surface area (TPSA) is 17.2 Å². The first-order chi connectivity index (χ1) is 5.43. The van der Waals surface area contributed by atoms with Crippen LogP contribution in [0.1, 0.15) is 19.5 Å². The van der Waals surface area contributed by atoms with Crippen molar-refractivity contribution in [3.63, 3.8) is 0 Å². The Morgan fingerprint density at radius 3 is 2.64 bits per heavy atom. The molecule has 1 heterocycles. The van der Waals surface area contributed by atoms with Gasteiger partial charge in [0.25, 0.3) is 6.54 Å². The maximum Gasteiger partial charge on any atom is 0.256 e. The van der Waals surface area contributed by atoms with Crippen molar-refractivity contribution >= 4 is 0 Å². The van der Waals surface area contributed by atoms with Crippen LogP contribution in [0.15, 0.2) is 24.4 Å². The van der Waals surface area contributed by atoms with Gasteiger partial charge in [-0.2, -0.15) is 0 Å². The van der Waals surface area contributed by atoms with Gasteiger partial charge in [0.15, 0.2) is 0 Å². The molecule has 0 aliphatic carbocycles. The SMILES string of the molecule is CC.[C-]#[N+]Cc1ccccn1. The highest BCUT2D eigenvalue weighted by Gasteiger charge is 1.90. The molecule has 1 aromatic rings. The highest BCUT2D eigenvalue weighted by molar-refractivity contribution is 5.04. The van der Waals surface area contributed by atoms with E-state index in [1.165, 1.54) is 0 Å². The molecule has 1 aromatic heterocycles. The van der Waals surface area contributed by atoms with Crippen LogP contribution < -0.4 is 0 Å². The number of aromatic nitrogens is 1. The largest absolute Gasteiger partial charge is 0.310 e. The van der Waals surface area contributed by atoms with Crippen LogP contribution >= 0.6 is 0 Å². The highest BCUT2D eigenvalue weighted by atomic mass is 14.7. The molecule has 0 aliphatic rings. The van der Waals surface area contributed by atoms with E-state index in [9.17, 15) is 0 Å². The van der Waals surface area contributed by atoms with Crippen LogP contribution in [0.25, 0.3) is 4.85 Å². The van der Waals surface area contributed by atoms with Crippen LogP contribution in [0.2, 0.25) is 0 Å². The van der Waals surface area contributed by atoms with Crippen LogP contribution in [0, 0.1) is 6.57 Å². The van der Waals surface area contributed by atoms with Crippen molar-refractivity contribution in [2.45, 2.75) is 20.4 Å². The first-order valence-corrected chi connectivity index (χ1v) is 3.66. The van der Waals surface area contributed by atoms with Crippen molar-refractivity contribution in [3.8, 4) is 0 Å². The van der Waals surface area contributed by atoms with E-state index in [1.807, 2.05) is 32.0 Å². The summed E-state index contributed by atoms with van der Waals surface area (Å²) in [6.07, 6.45) is 1.69. The van der Waals surface area contributed by atoms with E-state index in [4.69, 9.17) is 6.57 Å². The third-order valence-corrected chi connectivity index (χ3v) is 0.967. The van der Waals surface area contributed by atoms with Gasteiger partial charge in [-0.1, -0.05) is 19.9 Å². The molecule has 0 aromatic carbocycles. The molecular formula is C9H12N2. The van der Waals surface area contributed by atoms with E-state index in [1.54, 1.807) is 6.20 Å². The molecule has 0 N–H and O–H groups in total. The zero-order valence-corrected chi connectivity index (χ0v) is 6.91. The quantitative estimate of drug-likeness (QED) is 0.559. The summed E-state index contributed by atoms with van der Waals surface area (Å²) in [5, 5.41) is 0. The Morgan fingerprint density at radius 2 is 2.18 bits per heavy atom. The maximum atomic E-state index is 6.53. The predicted molar refractivity (Wildman–Crippen MR) is 45.9 cm³/mol. The summed E-state index contributed by atoms with van der Waals surface area (Å²) in [7, 11) is 0. The molecule has 2 heteroatoms. The summed E-state index contributed by atoms with van der Waals surface area (Å²) in [6.45, 7) is 10.9.